The normalized spacial score (nSPS) is 25.6. The molecule has 0 heterocycles. The third-order valence-electron chi connectivity index (χ3n) is 1.95. The topological polar surface area (TPSA) is 38.3 Å². The predicted octanol–water partition coefficient (Wildman–Crippen LogP) is 1.92. The number of nitrogens with one attached hydrogen (secondary N) is 1. The maximum absolute atomic E-state index is 12.6. The van der Waals surface area contributed by atoms with Crippen LogP contribution in [0.1, 0.15) is 26.2 Å². The summed E-state index contributed by atoms with van der Waals surface area (Å²) < 4.78 is 30.0. The number of halogens is 2. The minimum absolute atomic E-state index is 0.183. The largest absolute Gasteiger partial charge is 0.446 e. The van der Waals surface area contributed by atoms with E-state index < -0.39 is 18.1 Å². The fourth-order valence-electron chi connectivity index (χ4n) is 1.35. The van der Waals surface area contributed by atoms with Crippen molar-refractivity contribution in [3.63, 3.8) is 0 Å². The van der Waals surface area contributed by atoms with Gasteiger partial charge >= 0.3 is 6.09 Å². The van der Waals surface area contributed by atoms with E-state index in [1.807, 2.05) is 0 Å². The van der Waals surface area contributed by atoms with Crippen molar-refractivity contribution in [2.75, 3.05) is 6.54 Å². The first-order valence-corrected chi connectivity index (χ1v) is 4.36. The van der Waals surface area contributed by atoms with Crippen LogP contribution in [0.4, 0.5) is 13.6 Å². The van der Waals surface area contributed by atoms with Crippen LogP contribution < -0.4 is 5.32 Å². The van der Waals surface area contributed by atoms with Gasteiger partial charge in [0.25, 0.3) is 5.92 Å². The fourth-order valence-corrected chi connectivity index (χ4v) is 1.35. The second-order valence-electron chi connectivity index (χ2n) is 3.16. The van der Waals surface area contributed by atoms with E-state index in [1.54, 1.807) is 6.92 Å². The third kappa shape index (κ3) is 3.16. The van der Waals surface area contributed by atoms with Crippen LogP contribution in [0.3, 0.4) is 0 Å². The Morgan fingerprint density at radius 2 is 2.38 bits per heavy atom. The Bertz CT molecular complexity index is 197. The van der Waals surface area contributed by atoms with Crippen LogP contribution in [-0.2, 0) is 4.74 Å². The molecule has 1 aliphatic rings. The zero-order valence-corrected chi connectivity index (χ0v) is 7.48. The summed E-state index contributed by atoms with van der Waals surface area (Å²) in [5.41, 5.74) is 0. The predicted molar refractivity (Wildman–Crippen MR) is 42.7 cm³/mol. The van der Waals surface area contributed by atoms with Crippen molar-refractivity contribution in [3.8, 4) is 0 Å². The van der Waals surface area contributed by atoms with E-state index in [2.05, 4.69) is 5.32 Å². The van der Waals surface area contributed by atoms with Crippen LogP contribution in [0.15, 0.2) is 0 Å². The summed E-state index contributed by atoms with van der Waals surface area (Å²) in [6.45, 7) is 2.19. The van der Waals surface area contributed by atoms with Crippen LogP contribution in [0.25, 0.3) is 0 Å². The van der Waals surface area contributed by atoms with E-state index in [-0.39, 0.29) is 19.3 Å². The molecule has 76 valence electrons. The summed E-state index contributed by atoms with van der Waals surface area (Å²) in [5, 5.41) is 2.39. The van der Waals surface area contributed by atoms with Crippen molar-refractivity contribution < 1.29 is 18.3 Å². The van der Waals surface area contributed by atoms with Gasteiger partial charge < -0.3 is 10.1 Å². The highest BCUT2D eigenvalue weighted by Crippen LogP contribution is 2.36. The van der Waals surface area contributed by atoms with Gasteiger partial charge in [0.15, 0.2) is 0 Å². The molecule has 1 amide bonds. The van der Waals surface area contributed by atoms with Gasteiger partial charge in [-0.3, -0.25) is 0 Å². The summed E-state index contributed by atoms with van der Waals surface area (Å²) in [5.74, 6) is -2.66. The number of amides is 1. The van der Waals surface area contributed by atoms with Gasteiger partial charge in [-0.2, -0.15) is 0 Å². The van der Waals surface area contributed by atoms with Crippen LogP contribution in [-0.4, -0.2) is 24.7 Å². The molecule has 0 saturated heterocycles. The fraction of sp³-hybridized carbons (Fsp3) is 0.875. The van der Waals surface area contributed by atoms with Crippen molar-refractivity contribution in [1.29, 1.82) is 0 Å². The summed E-state index contributed by atoms with van der Waals surface area (Å²) in [6, 6.07) is 0. The van der Waals surface area contributed by atoms with Gasteiger partial charge in [-0.1, -0.05) is 0 Å². The SMILES string of the molecule is CCNC(=O)OC1CCC(F)(F)C1. The molecule has 1 unspecified atom stereocenters. The van der Waals surface area contributed by atoms with E-state index in [4.69, 9.17) is 4.74 Å². The highest BCUT2D eigenvalue weighted by Gasteiger charge is 2.41. The Morgan fingerprint density at radius 3 is 2.85 bits per heavy atom. The molecule has 13 heavy (non-hydrogen) atoms. The molecule has 0 aromatic rings. The van der Waals surface area contributed by atoms with Crippen molar-refractivity contribution in [1.82, 2.24) is 5.32 Å². The van der Waals surface area contributed by atoms with Crippen molar-refractivity contribution in [2.24, 2.45) is 0 Å². The van der Waals surface area contributed by atoms with Crippen LogP contribution in [0, 0.1) is 0 Å². The smallest absolute Gasteiger partial charge is 0.407 e. The summed E-state index contributed by atoms with van der Waals surface area (Å²) >= 11 is 0. The van der Waals surface area contributed by atoms with E-state index in [0.717, 1.165) is 0 Å². The molecule has 1 atom stereocenters. The van der Waals surface area contributed by atoms with Gasteiger partial charge in [0, 0.05) is 19.4 Å². The lowest BCUT2D eigenvalue weighted by atomic mass is 10.3. The molecule has 1 fully saturated rings. The minimum Gasteiger partial charge on any atom is -0.446 e. The summed E-state index contributed by atoms with van der Waals surface area (Å²) in [6.07, 6.45) is -1.50. The highest BCUT2D eigenvalue weighted by atomic mass is 19.3. The van der Waals surface area contributed by atoms with E-state index >= 15 is 0 Å². The lowest BCUT2D eigenvalue weighted by molar-refractivity contribution is -0.00603. The summed E-state index contributed by atoms with van der Waals surface area (Å²) in [7, 11) is 0. The lowest BCUT2D eigenvalue weighted by Gasteiger charge is -2.12. The van der Waals surface area contributed by atoms with Crippen LogP contribution >= 0.6 is 0 Å². The third-order valence-corrected chi connectivity index (χ3v) is 1.95. The van der Waals surface area contributed by atoms with E-state index in [0.29, 0.717) is 6.54 Å². The van der Waals surface area contributed by atoms with Crippen LogP contribution in [0.5, 0.6) is 0 Å². The standard InChI is InChI=1S/C8H13F2NO2/c1-2-11-7(12)13-6-3-4-8(9,10)5-6/h6H,2-5H2,1H3,(H,11,12). The maximum atomic E-state index is 12.6. The van der Waals surface area contributed by atoms with E-state index in [1.165, 1.54) is 0 Å². The molecule has 0 radical (unpaired) electrons. The van der Waals surface area contributed by atoms with Gasteiger partial charge in [0.1, 0.15) is 6.10 Å². The number of rotatable bonds is 2. The van der Waals surface area contributed by atoms with Gasteiger partial charge in [-0.25, -0.2) is 13.6 Å². The Balaban J connectivity index is 2.28. The molecular weight excluding hydrogens is 180 g/mol. The maximum Gasteiger partial charge on any atom is 0.407 e. The Hall–Kier alpha value is -0.870. The number of hydrogen-bond donors (Lipinski definition) is 1. The molecule has 1 rings (SSSR count). The molecule has 0 aromatic carbocycles. The van der Waals surface area contributed by atoms with E-state index in [9.17, 15) is 13.6 Å². The second kappa shape index (κ2) is 3.89. The van der Waals surface area contributed by atoms with Gasteiger partial charge in [-0.05, 0) is 13.3 Å². The number of carbonyl (C=O) groups is 1. The molecule has 3 nitrogen and oxygen atoms in total. The number of ether oxygens (including phenoxy) is 1. The van der Waals surface area contributed by atoms with Crippen LogP contribution in [0.2, 0.25) is 0 Å². The van der Waals surface area contributed by atoms with Crippen molar-refractivity contribution in [3.05, 3.63) is 0 Å². The molecule has 0 aromatic heterocycles. The Kier molecular flexibility index (Phi) is 3.06. The second-order valence-corrected chi connectivity index (χ2v) is 3.16. The molecule has 1 saturated carbocycles. The summed E-state index contributed by atoms with van der Waals surface area (Å²) in [4.78, 5) is 10.8. The molecular formula is C8H13F2NO2. The first kappa shape index (κ1) is 10.2. The zero-order valence-electron chi connectivity index (χ0n) is 7.48. The number of carbonyl (C=O) groups excluding carboxylic acids is 1. The molecule has 0 spiro atoms. The molecule has 0 bridgehead atoms. The van der Waals surface area contributed by atoms with Crippen molar-refractivity contribution in [2.45, 2.75) is 38.2 Å². The van der Waals surface area contributed by atoms with Gasteiger partial charge in [0.05, 0.1) is 0 Å². The number of alkyl carbamates (subject to hydrolysis) is 1. The lowest BCUT2D eigenvalue weighted by Crippen LogP contribution is -2.28. The van der Waals surface area contributed by atoms with Gasteiger partial charge in [-0.15, -0.1) is 0 Å². The Labute approximate surface area is 75.4 Å². The average molecular weight is 193 g/mol. The first-order chi connectivity index (χ1) is 6.03. The van der Waals surface area contributed by atoms with Crippen molar-refractivity contribution >= 4 is 6.09 Å². The monoisotopic (exact) mass is 193 g/mol. The zero-order chi connectivity index (χ0) is 9.90. The Morgan fingerprint density at radius 1 is 1.69 bits per heavy atom. The molecule has 1 aliphatic carbocycles. The number of hydrogen-bond acceptors (Lipinski definition) is 2. The first-order valence-electron chi connectivity index (χ1n) is 4.36. The highest BCUT2D eigenvalue weighted by molar-refractivity contribution is 5.67. The quantitative estimate of drug-likeness (QED) is 0.727. The molecule has 0 aliphatic heterocycles. The average Bonchev–Trinajstić information content (AvgIpc) is 2.30. The number of alkyl halides is 2. The minimum atomic E-state index is -2.66. The molecule has 5 heteroatoms. The van der Waals surface area contributed by atoms with Gasteiger partial charge in [0.2, 0.25) is 0 Å². The molecule has 1 N–H and O–H groups in total.